The second kappa shape index (κ2) is 7.61. The van der Waals surface area contributed by atoms with Gasteiger partial charge in [-0.1, -0.05) is 60.6 Å². The normalized spacial score (nSPS) is 49.9. The molecular weight excluding hydrogens is 412 g/mol. The van der Waals surface area contributed by atoms with Crippen LogP contribution in [0.3, 0.4) is 0 Å². The molecule has 5 saturated carbocycles. The summed E-state index contributed by atoms with van der Waals surface area (Å²) >= 11 is 0. The van der Waals surface area contributed by atoms with Gasteiger partial charge >= 0.3 is 0 Å². The maximum absolute atomic E-state index is 6.05. The molecule has 9 atom stereocenters. The van der Waals surface area contributed by atoms with Gasteiger partial charge in [-0.3, -0.25) is 0 Å². The summed E-state index contributed by atoms with van der Waals surface area (Å²) in [6.07, 6.45) is 16.3. The third-order valence-corrected chi connectivity index (χ3v) is 14.5. The molecule has 194 valence electrons. The molecule has 1 heteroatoms. The molecule has 0 aromatic carbocycles. The van der Waals surface area contributed by atoms with E-state index in [0.717, 1.165) is 23.7 Å². The molecule has 0 aromatic rings. The summed E-state index contributed by atoms with van der Waals surface area (Å²) in [7, 11) is 1.96. The maximum atomic E-state index is 6.05. The van der Waals surface area contributed by atoms with Crippen molar-refractivity contribution in [3.05, 3.63) is 12.2 Å². The molecule has 5 fully saturated rings. The number of allylic oxidation sites excluding steroid dienone is 1. The van der Waals surface area contributed by atoms with E-state index in [0.29, 0.717) is 33.2 Å². The average Bonchev–Trinajstić information content (AvgIpc) is 3.34. The Morgan fingerprint density at radius 3 is 2.21 bits per heavy atom. The van der Waals surface area contributed by atoms with E-state index in [4.69, 9.17) is 4.74 Å². The van der Waals surface area contributed by atoms with E-state index in [9.17, 15) is 0 Å². The Bertz CT molecular complexity index is 837. The quantitative estimate of drug-likeness (QED) is 0.353. The molecule has 0 aliphatic heterocycles. The van der Waals surface area contributed by atoms with Gasteiger partial charge in [-0.15, -0.1) is 0 Å². The largest absolute Gasteiger partial charge is 0.381 e. The lowest BCUT2D eigenvalue weighted by Gasteiger charge is -2.63. The fraction of sp³-hybridized carbons (Fsp3) is 0.939. The fourth-order valence-corrected chi connectivity index (χ4v) is 11.7. The highest BCUT2D eigenvalue weighted by Gasteiger charge is 2.82. The summed E-state index contributed by atoms with van der Waals surface area (Å²) in [6.45, 7) is 24.6. The van der Waals surface area contributed by atoms with Crippen molar-refractivity contribution in [3.8, 4) is 0 Å². The van der Waals surface area contributed by atoms with E-state index in [1.54, 1.807) is 6.42 Å². The summed E-state index contributed by atoms with van der Waals surface area (Å²) in [5.74, 6) is 3.58. The predicted octanol–water partition coefficient (Wildman–Crippen LogP) is 9.46. The lowest BCUT2D eigenvalue weighted by Crippen LogP contribution is -2.57. The van der Waals surface area contributed by atoms with Gasteiger partial charge in [0.25, 0.3) is 0 Å². The first-order valence-electron chi connectivity index (χ1n) is 14.9. The Balaban J connectivity index is 1.38. The predicted molar refractivity (Wildman–Crippen MR) is 145 cm³/mol. The summed E-state index contributed by atoms with van der Waals surface area (Å²) in [6, 6.07) is 0. The van der Waals surface area contributed by atoms with Gasteiger partial charge in [-0.25, -0.2) is 0 Å². The molecule has 5 rings (SSSR count). The van der Waals surface area contributed by atoms with Gasteiger partial charge in [-0.05, 0) is 134 Å². The van der Waals surface area contributed by atoms with Crippen LogP contribution in [0.2, 0.25) is 0 Å². The van der Waals surface area contributed by atoms with Crippen LogP contribution in [0.25, 0.3) is 0 Å². The molecule has 0 aromatic heterocycles. The van der Waals surface area contributed by atoms with Gasteiger partial charge in [0.05, 0.1) is 6.10 Å². The molecule has 0 radical (unpaired) electrons. The molecule has 34 heavy (non-hydrogen) atoms. The van der Waals surface area contributed by atoms with E-state index in [1.807, 2.05) is 7.11 Å². The third-order valence-electron chi connectivity index (χ3n) is 14.5. The molecule has 5 aliphatic carbocycles. The van der Waals surface area contributed by atoms with Gasteiger partial charge in [0, 0.05) is 7.11 Å². The van der Waals surface area contributed by atoms with Gasteiger partial charge in [0.1, 0.15) is 0 Å². The molecule has 2 spiro atoms. The van der Waals surface area contributed by atoms with E-state index >= 15 is 0 Å². The first kappa shape index (κ1) is 25.4. The highest BCUT2D eigenvalue weighted by molar-refractivity contribution is 5.30. The minimum absolute atomic E-state index is 0.278. The second-order valence-corrected chi connectivity index (χ2v) is 15.9. The highest BCUT2D eigenvalue weighted by atomic mass is 16.5. The maximum Gasteiger partial charge on any atom is 0.0625 e. The Labute approximate surface area is 212 Å². The molecule has 0 bridgehead atoms. The van der Waals surface area contributed by atoms with Crippen molar-refractivity contribution in [1.29, 1.82) is 0 Å². The first-order valence-corrected chi connectivity index (χ1v) is 14.9. The average molecular weight is 469 g/mol. The number of hydrogen-bond acceptors (Lipinski definition) is 1. The standard InChI is InChI=1S/C33H56O/c1-22(2)28(4,5)16-13-23(3)24-14-17-31(9)26-12-11-25-29(6,7)27(34-10)15-18-32(25)21-33(26,32)20-19-30(24,31)8/h23-27H,1,11-21H2,2-10H3. The SMILES string of the molecule is C=C(C)C(C)(C)CCC(C)C1CCC2(C)C3CCC4C(C)(C)C(OC)CCC45CC35CCC12C. The molecule has 9 unspecified atom stereocenters. The lowest BCUT2D eigenvalue weighted by molar-refractivity contribution is -0.166. The van der Waals surface area contributed by atoms with E-state index in [2.05, 4.69) is 62.0 Å². The Morgan fingerprint density at radius 1 is 0.912 bits per heavy atom. The zero-order valence-corrected chi connectivity index (χ0v) is 24.3. The molecule has 0 saturated heterocycles. The van der Waals surface area contributed by atoms with Gasteiger partial charge in [0.2, 0.25) is 0 Å². The van der Waals surface area contributed by atoms with E-state index in [-0.39, 0.29) is 5.41 Å². The fourth-order valence-electron chi connectivity index (χ4n) is 11.7. The summed E-state index contributed by atoms with van der Waals surface area (Å²) < 4.78 is 6.05. The van der Waals surface area contributed by atoms with E-state index < -0.39 is 0 Å². The van der Waals surface area contributed by atoms with Crippen LogP contribution in [0.15, 0.2) is 12.2 Å². The molecule has 1 nitrogen and oxygen atoms in total. The topological polar surface area (TPSA) is 9.23 Å². The van der Waals surface area contributed by atoms with Gasteiger partial charge in [-0.2, -0.15) is 0 Å². The van der Waals surface area contributed by atoms with Gasteiger partial charge in [0.15, 0.2) is 0 Å². The van der Waals surface area contributed by atoms with Crippen LogP contribution in [0, 0.1) is 56.2 Å². The second-order valence-electron chi connectivity index (χ2n) is 15.9. The summed E-state index contributed by atoms with van der Waals surface area (Å²) in [4.78, 5) is 0. The van der Waals surface area contributed by atoms with Crippen molar-refractivity contribution < 1.29 is 4.74 Å². The molecular formula is C33H56O. The van der Waals surface area contributed by atoms with Crippen LogP contribution < -0.4 is 0 Å². The van der Waals surface area contributed by atoms with Crippen molar-refractivity contribution in [2.24, 2.45) is 56.2 Å². The van der Waals surface area contributed by atoms with Crippen LogP contribution in [0.5, 0.6) is 0 Å². The van der Waals surface area contributed by atoms with Crippen LogP contribution in [0.4, 0.5) is 0 Å². The Morgan fingerprint density at radius 2 is 1.56 bits per heavy atom. The molecule has 0 heterocycles. The minimum atomic E-state index is 0.278. The number of hydrogen-bond donors (Lipinski definition) is 0. The zero-order valence-electron chi connectivity index (χ0n) is 24.3. The molecule has 5 aliphatic rings. The minimum Gasteiger partial charge on any atom is -0.381 e. The van der Waals surface area contributed by atoms with Crippen LogP contribution in [-0.2, 0) is 4.74 Å². The number of rotatable bonds is 6. The van der Waals surface area contributed by atoms with Crippen molar-refractivity contribution in [1.82, 2.24) is 0 Å². The van der Waals surface area contributed by atoms with Crippen LogP contribution >= 0.6 is 0 Å². The summed E-state index contributed by atoms with van der Waals surface area (Å²) in [5.41, 5.74) is 4.36. The Hall–Kier alpha value is -0.300. The Kier molecular flexibility index (Phi) is 5.68. The molecule has 0 N–H and O–H groups in total. The van der Waals surface area contributed by atoms with Crippen molar-refractivity contribution in [2.45, 2.75) is 132 Å². The smallest absolute Gasteiger partial charge is 0.0625 e. The third kappa shape index (κ3) is 3.01. The van der Waals surface area contributed by atoms with Crippen molar-refractivity contribution in [2.75, 3.05) is 7.11 Å². The number of fused-ring (bicyclic) bond motifs is 2. The molecule has 0 amide bonds. The van der Waals surface area contributed by atoms with Crippen molar-refractivity contribution in [3.63, 3.8) is 0 Å². The highest BCUT2D eigenvalue weighted by Crippen LogP contribution is 2.89. The number of ether oxygens (including phenoxy) is 1. The lowest BCUT2D eigenvalue weighted by atomic mass is 9.41. The van der Waals surface area contributed by atoms with Gasteiger partial charge < -0.3 is 4.74 Å². The number of methoxy groups -OCH3 is 1. The monoisotopic (exact) mass is 468 g/mol. The first-order chi connectivity index (χ1) is 15.7. The summed E-state index contributed by atoms with van der Waals surface area (Å²) in [5, 5.41) is 0. The van der Waals surface area contributed by atoms with Crippen LogP contribution in [-0.4, -0.2) is 13.2 Å². The zero-order chi connectivity index (χ0) is 24.9. The van der Waals surface area contributed by atoms with E-state index in [1.165, 1.54) is 69.8 Å². The van der Waals surface area contributed by atoms with Crippen LogP contribution in [0.1, 0.15) is 126 Å². The van der Waals surface area contributed by atoms with Crippen molar-refractivity contribution >= 4 is 0 Å².